The van der Waals surface area contributed by atoms with Crippen molar-refractivity contribution < 1.29 is 4.79 Å². The molecule has 0 radical (unpaired) electrons. The van der Waals surface area contributed by atoms with E-state index in [4.69, 9.17) is 0 Å². The minimum atomic E-state index is 0.0843. The number of amides is 1. The molecule has 0 aliphatic carbocycles. The molecule has 1 aromatic carbocycles. The van der Waals surface area contributed by atoms with E-state index in [1.54, 1.807) is 0 Å². The molecule has 2 nitrogen and oxygen atoms in total. The minimum Gasteiger partial charge on any atom is -0.308 e. The van der Waals surface area contributed by atoms with E-state index in [1.807, 2.05) is 29.2 Å². The number of allylic oxidation sites excluding steroid dienone is 5. The quantitative estimate of drug-likeness (QED) is 0.498. The Morgan fingerprint density at radius 1 is 1.04 bits per heavy atom. The number of nitrogens with zero attached hydrogens (tertiary/aromatic N) is 1. The van der Waals surface area contributed by atoms with Gasteiger partial charge < -0.3 is 4.90 Å². The first kappa shape index (κ1) is 22.0. The van der Waals surface area contributed by atoms with E-state index >= 15 is 0 Å². The van der Waals surface area contributed by atoms with E-state index < -0.39 is 0 Å². The molecule has 1 aromatic rings. The van der Waals surface area contributed by atoms with Crippen molar-refractivity contribution in [2.24, 2.45) is 5.92 Å². The number of hydrogen-bond donors (Lipinski definition) is 0. The molecule has 142 valence electrons. The van der Waals surface area contributed by atoms with Crippen LogP contribution in [0.4, 0.5) is 0 Å². The van der Waals surface area contributed by atoms with E-state index in [9.17, 15) is 4.79 Å². The second-order valence-corrected chi connectivity index (χ2v) is 8.04. The van der Waals surface area contributed by atoms with Crippen molar-refractivity contribution in [3.05, 3.63) is 70.5 Å². The fraction of sp³-hybridized carbons (Fsp3) is 0.458. The lowest BCUT2D eigenvalue weighted by molar-refractivity contribution is 0.0793. The lowest BCUT2D eigenvalue weighted by atomic mass is 9.96. The monoisotopic (exact) mass is 353 g/mol. The predicted octanol–water partition coefficient (Wildman–Crippen LogP) is 6.72. The molecular weight excluding hydrogens is 318 g/mol. The molecule has 0 heterocycles. The summed E-state index contributed by atoms with van der Waals surface area (Å²) in [4.78, 5) is 15.4. The van der Waals surface area contributed by atoms with Crippen molar-refractivity contribution >= 4 is 5.91 Å². The van der Waals surface area contributed by atoms with Crippen molar-refractivity contribution in [2.75, 3.05) is 6.54 Å². The third kappa shape index (κ3) is 6.33. The number of rotatable bonds is 7. The lowest BCUT2D eigenvalue weighted by Gasteiger charge is -2.28. The minimum absolute atomic E-state index is 0.0843. The first-order valence-corrected chi connectivity index (χ1v) is 9.55. The van der Waals surface area contributed by atoms with Gasteiger partial charge in [0.2, 0.25) is 0 Å². The highest BCUT2D eigenvalue weighted by atomic mass is 16.2. The Labute approximate surface area is 160 Å². The van der Waals surface area contributed by atoms with E-state index in [-0.39, 0.29) is 5.91 Å². The summed E-state index contributed by atoms with van der Waals surface area (Å²) < 4.78 is 0. The summed E-state index contributed by atoms with van der Waals surface area (Å²) in [7, 11) is 0. The van der Waals surface area contributed by atoms with Crippen LogP contribution in [0.5, 0.6) is 0 Å². The van der Waals surface area contributed by atoms with E-state index in [1.165, 1.54) is 5.57 Å². The summed E-state index contributed by atoms with van der Waals surface area (Å²) in [5.74, 6) is 0.782. The zero-order chi connectivity index (χ0) is 19.9. The number of carbonyl (C=O) groups is 1. The van der Waals surface area contributed by atoms with Gasteiger partial charge in [0.15, 0.2) is 0 Å². The zero-order valence-electron chi connectivity index (χ0n) is 17.8. The molecule has 0 atom stereocenters. The van der Waals surface area contributed by atoms with Crippen molar-refractivity contribution in [1.29, 1.82) is 0 Å². The summed E-state index contributed by atoms with van der Waals surface area (Å²) in [6, 6.07) is 7.98. The third-order valence-corrected chi connectivity index (χ3v) is 4.09. The molecule has 0 spiro atoms. The normalized spacial score (nSPS) is 11.2. The van der Waals surface area contributed by atoms with Crippen molar-refractivity contribution in [2.45, 2.75) is 61.3 Å². The SMILES string of the molecule is CC(C)=C/C=C\C(=C(C)C)N(CC(C)C)C(=O)c1ccccc1C(C)C. The summed E-state index contributed by atoms with van der Waals surface area (Å²) in [5.41, 5.74) is 5.27. The van der Waals surface area contributed by atoms with Gasteiger partial charge in [-0.05, 0) is 57.2 Å². The summed E-state index contributed by atoms with van der Waals surface area (Å²) >= 11 is 0. The molecule has 1 amide bonds. The highest BCUT2D eigenvalue weighted by molar-refractivity contribution is 5.97. The Kier molecular flexibility index (Phi) is 8.57. The topological polar surface area (TPSA) is 20.3 Å². The maximum Gasteiger partial charge on any atom is 0.258 e. The fourth-order valence-electron chi connectivity index (χ4n) is 2.85. The first-order valence-electron chi connectivity index (χ1n) is 9.55. The van der Waals surface area contributed by atoms with Crippen LogP contribution < -0.4 is 0 Å². The van der Waals surface area contributed by atoms with Crippen LogP contribution >= 0.6 is 0 Å². The molecule has 2 heteroatoms. The average Bonchev–Trinajstić information content (AvgIpc) is 2.55. The number of benzene rings is 1. The van der Waals surface area contributed by atoms with Crippen LogP contribution in [0, 0.1) is 5.92 Å². The van der Waals surface area contributed by atoms with E-state index in [0.29, 0.717) is 18.4 Å². The van der Waals surface area contributed by atoms with E-state index in [2.05, 4.69) is 73.6 Å². The molecule has 0 unspecified atom stereocenters. The van der Waals surface area contributed by atoms with Crippen LogP contribution in [0.15, 0.2) is 59.3 Å². The highest BCUT2D eigenvalue weighted by Crippen LogP contribution is 2.24. The van der Waals surface area contributed by atoms with Gasteiger partial charge in [-0.1, -0.05) is 69.2 Å². The molecule has 0 fully saturated rings. The van der Waals surface area contributed by atoms with Gasteiger partial charge in [-0.25, -0.2) is 0 Å². The first-order chi connectivity index (χ1) is 12.1. The van der Waals surface area contributed by atoms with Gasteiger partial charge in [0.05, 0.1) is 0 Å². The molecule has 0 aliphatic rings. The Morgan fingerprint density at radius 3 is 2.15 bits per heavy atom. The van der Waals surface area contributed by atoms with Crippen LogP contribution in [0.25, 0.3) is 0 Å². The second-order valence-electron chi connectivity index (χ2n) is 8.04. The van der Waals surface area contributed by atoms with Gasteiger partial charge in [-0.2, -0.15) is 0 Å². The van der Waals surface area contributed by atoms with Gasteiger partial charge in [-0.3, -0.25) is 4.79 Å². The Balaban J connectivity index is 3.41. The number of carbonyl (C=O) groups excluding carboxylic acids is 1. The molecule has 0 N–H and O–H groups in total. The zero-order valence-corrected chi connectivity index (χ0v) is 17.8. The van der Waals surface area contributed by atoms with Gasteiger partial charge >= 0.3 is 0 Å². The average molecular weight is 354 g/mol. The highest BCUT2D eigenvalue weighted by Gasteiger charge is 2.23. The summed E-state index contributed by atoms with van der Waals surface area (Å²) in [6.45, 7) is 17.5. The van der Waals surface area contributed by atoms with Gasteiger partial charge in [0, 0.05) is 17.8 Å². The van der Waals surface area contributed by atoms with Crippen LogP contribution in [0.2, 0.25) is 0 Å². The Morgan fingerprint density at radius 2 is 1.65 bits per heavy atom. The van der Waals surface area contributed by atoms with Gasteiger partial charge in [0.1, 0.15) is 0 Å². The molecule has 0 saturated heterocycles. The maximum absolute atomic E-state index is 13.5. The Hall–Kier alpha value is -2.09. The maximum atomic E-state index is 13.5. The molecule has 0 aromatic heterocycles. The van der Waals surface area contributed by atoms with Crippen LogP contribution in [0.3, 0.4) is 0 Å². The van der Waals surface area contributed by atoms with Crippen molar-refractivity contribution in [3.63, 3.8) is 0 Å². The smallest absolute Gasteiger partial charge is 0.258 e. The fourth-order valence-corrected chi connectivity index (χ4v) is 2.85. The molecule has 0 aliphatic heterocycles. The largest absolute Gasteiger partial charge is 0.308 e. The predicted molar refractivity (Wildman–Crippen MR) is 113 cm³/mol. The molecule has 26 heavy (non-hydrogen) atoms. The molecule has 0 saturated carbocycles. The summed E-state index contributed by atoms with van der Waals surface area (Å²) in [6.07, 6.45) is 6.16. The molecule has 0 bridgehead atoms. The van der Waals surface area contributed by atoms with Crippen molar-refractivity contribution in [3.8, 4) is 0 Å². The molecular formula is C24H35NO. The lowest BCUT2D eigenvalue weighted by Crippen LogP contribution is -2.34. The standard InChI is InChI=1S/C24H35NO/c1-17(2)12-11-15-23(20(7)8)25(16-18(3)4)24(26)22-14-10-9-13-21(22)19(5)6/h9-15,18-19H,16H2,1-8H3/b15-11-. The van der Waals surface area contributed by atoms with Crippen LogP contribution in [0.1, 0.15) is 77.2 Å². The number of hydrogen-bond acceptors (Lipinski definition) is 1. The van der Waals surface area contributed by atoms with Crippen LogP contribution in [-0.4, -0.2) is 17.4 Å². The van der Waals surface area contributed by atoms with Gasteiger partial charge in [-0.15, -0.1) is 0 Å². The molecule has 1 rings (SSSR count). The summed E-state index contributed by atoms with van der Waals surface area (Å²) in [5, 5.41) is 0. The van der Waals surface area contributed by atoms with Gasteiger partial charge in [0.25, 0.3) is 5.91 Å². The van der Waals surface area contributed by atoms with Crippen molar-refractivity contribution in [1.82, 2.24) is 4.90 Å². The van der Waals surface area contributed by atoms with Crippen LogP contribution in [-0.2, 0) is 0 Å². The second kappa shape index (κ2) is 10.2. The van der Waals surface area contributed by atoms with E-state index in [0.717, 1.165) is 22.4 Å². The Bertz CT molecular complexity index is 697. The third-order valence-electron chi connectivity index (χ3n) is 4.09.